The lowest BCUT2D eigenvalue weighted by Gasteiger charge is -2.32. The zero-order valence-electron chi connectivity index (χ0n) is 18.3. The smallest absolute Gasteiger partial charge is 0.234 e. The molecule has 4 rings (SSSR count). The van der Waals surface area contributed by atoms with Crippen LogP contribution in [0, 0.1) is 5.92 Å². The van der Waals surface area contributed by atoms with Gasteiger partial charge in [-0.3, -0.25) is 9.69 Å². The topological polar surface area (TPSA) is 59.4 Å². The van der Waals surface area contributed by atoms with Crippen molar-refractivity contribution in [2.45, 2.75) is 39.3 Å². The van der Waals surface area contributed by atoms with Crippen LogP contribution in [-0.2, 0) is 17.9 Å². The maximum Gasteiger partial charge on any atom is 0.234 e. The summed E-state index contributed by atoms with van der Waals surface area (Å²) in [6, 6.07) is 18.2. The van der Waals surface area contributed by atoms with Crippen LogP contribution in [0.1, 0.15) is 32.0 Å². The number of nitrogens with zero attached hydrogens (tertiary/aromatic N) is 3. The normalized spacial score (nSPS) is 15.3. The van der Waals surface area contributed by atoms with E-state index >= 15 is 0 Å². The highest BCUT2D eigenvalue weighted by Crippen LogP contribution is 2.24. The minimum atomic E-state index is 0.140. The molecule has 1 aromatic heterocycles. The van der Waals surface area contributed by atoms with E-state index in [1.165, 1.54) is 0 Å². The number of ether oxygens (including phenoxy) is 1. The second-order valence-electron chi connectivity index (χ2n) is 8.30. The first-order chi connectivity index (χ1) is 15.2. The first kappa shape index (κ1) is 21.4. The van der Waals surface area contributed by atoms with Gasteiger partial charge in [0.1, 0.15) is 18.2 Å². The van der Waals surface area contributed by atoms with Gasteiger partial charge in [0.05, 0.1) is 17.6 Å². The van der Waals surface area contributed by atoms with Crippen molar-refractivity contribution in [1.82, 2.24) is 19.8 Å². The standard InChI is InChI=1S/C25H32N4O2/c1-2-14-26-25(30)18-28-15-12-20(13-16-28)17-29-23-11-7-6-10-22(23)27-24(29)19-31-21-8-4-3-5-9-21/h3-11,20H,2,12-19H2,1H3,(H,26,30). The van der Waals surface area contributed by atoms with Gasteiger partial charge in [-0.15, -0.1) is 0 Å². The van der Waals surface area contributed by atoms with Crippen molar-refractivity contribution < 1.29 is 9.53 Å². The van der Waals surface area contributed by atoms with Crippen molar-refractivity contribution in [3.05, 3.63) is 60.4 Å². The third kappa shape index (κ3) is 5.64. The van der Waals surface area contributed by atoms with Gasteiger partial charge in [-0.25, -0.2) is 4.98 Å². The van der Waals surface area contributed by atoms with E-state index in [0.717, 1.165) is 68.0 Å². The number of fused-ring (bicyclic) bond motifs is 1. The van der Waals surface area contributed by atoms with E-state index in [2.05, 4.69) is 39.9 Å². The third-order valence-corrected chi connectivity index (χ3v) is 5.93. The number of likely N-dealkylation sites (tertiary alicyclic amines) is 1. The van der Waals surface area contributed by atoms with Crippen LogP contribution in [0.25, 0.3) is 11.0 Å². The van der Waals surface area contributed by atoms with E-state index in [4.69, 9.17) is 9.72 Å². The van der Waals surface area contributed by atoms with Crippen LogP contribution in [0.4, 0.5) is 0 Å². The number of hydrogen-bond donors (Lipinski definition) is 1. The summed E-state index contributed by atoms with van der Waals surface area (Å²) in [5.41, 5.74) is 2.18. The molecule has 2 heterocycles. The number of aromatic nitrogens is 2. The fourth-order valence-electron chi connectivity index (χ4n) is 4.21. The SMILES string of the molecule is CCCNC(=O)CN1CCC(Cn2c(COc3ccccc3)nc3ccccc32)CC1. The highest BCUT2D eigenvalue weighted by atomic mass is 16.5. The minimum absolute atomic E-state index is 0.140. The number of piperidine rings is 1. The fraction of sp³-hybridized carbons (Fsp3) is 0.440. The molecule has 1 saturated heterocycles. The summed E-state index contributed by atoms with van der Waals surface area (Å²) in [5, 5.41) is 2.98. The van der Waals surface area contributed by atoms with Gasteiger partial charge >= 0.3 is 0 Å². The molecule has 164 valence electrons. The molecule has 0 saturated carbocycles. The Morgan fingerprint density at radius 2 is 1.84 bits per heavy atom. The van der Waals surface area contributed by atoms with Crippen LogP contribution >= 0.6 is 0 Å². The van der Waals surface area contributed by atoms with Crippen LogP contribution in [-0.4, -0.2) is 46.5 Å². The summed E-state index contributed by atoms with van der Waals surface area (Å²) in [7, 11) is 0. The van der Waals surface area contributed by atoms with Crippen molar-refractivity contribution in [1.29, 1.82) is 0 Å². The second-order valence-corrected chi connectivity index (χ2v) is 8.30. The Kier molecular flexibility index (Phi) is 7.20. The number of amides is 1. The van der Waals surface area contributed by atoms with Gasteiger partial charge in [0.2, 0.25) is 5.91 Å². The molecule has 1 N–H and O–H groups in total. The summed E-state index contributed by atoms with van der Waals surface area (Å²) in [4.78, 5) is 19.1. The molecule has 0 aliphatic carbocycles. The average molecular weight is 421 g/mol. The summed E-state index contributed by atoms with van der Waals surface area (Å²) in [6.45, 7) is 6.66. The fourth-order valence-corrected chi connectivity index (χ4v) is 4.21. The first-order valence-electron chi connectivity index (χ1n) is 11.3. The molecule has 6 heteroatoms. The van der Waals surface area contributed by atoms with Crippen molar-refractivity contribution in [2.24, 2.45) is 5.92 Å². The Bertz CT molecular complexity index is 978. The molecule has 0 atom stereocenters. The number of carbonyl (C=O) groups excluding carboxylic acids is 1. The lowest BCUT2D eigenvalue weighted by Crippen LogP contribution is -2.42. The maximum absolute atomic E-state index is 12.0. The van der Waals surface area contributed by atoms with Gasteiger partial charge in [-0.1, -0.05) is 37.3 Å². The van der Waals surface area contributed by atoms with Crippen LogP contribution in [0.15, 0.2) is 54.6 Å². The number of para-hydroxylation sites is 3. The largest absolute Gasteiger partial charge is 0.486 e. The van der Waals surface area contributed by atoms with E-state index in [1.54, 1.807) is 0 Å². The summed E-state index contributed by atoms with van der Waals surface area (Å²) >= 11 is 0. The first-order valence-corrected chi connectivity index (χ1v) is 11.3. The lowest BCUT2D eigenvalue weighted by molar-refractivity contribution is -0.122. The molecule has 0 bridgehead atoms. The molecule has 3 aromatic rings. The number of benzene rings is 2. The van der Waals surface area contributed by atoms with Gasteiger partial charge < -0.3 is 14.6 Å². The molecule has 1 amide bonds. The summed E-state index contributed by atoms with van der Waals surface area (Å²) < 4.78 is 8.33. The molecular formula is C25H32N4O2. The third-order valence-electron chi connectivity index (χ3n) is 5.93. The number of imidazole rings is 1. The number of carbonyl (C=O) groups is 1. The predicted octanol–water partition coefficient (Wildman–Crippen LogP) is 3.85. The molecule has 2 aromatic carbocycles. The zero-order chi connectivity index (χ0) is 21.5. The number of rotatable bonds is 9. The van der Waals surface area contributed by atoms with E-state index in [0.29, 0.717) is 19.1 Å². The van der Waals surface area contributed by atoms with Crippen LogP contribution in [0.3, 0.4) is 0 Å². The van der Waals surface area contributed by atoms with Gasteiger partial charge in [0.15, 0.2) is 0 Å². The average Bonchev–Trinajstić information content (AvgIpc) is 3.15. The van der Waals surface area contributed by atoms with Gasteiger partial charge in [-0.05, 0) is 62.5 Å². The van der Waals surface area contributed by atoms with Gasteiger partial charge in [-0.2, -0.15) is 0 Å². The molecule has 31 heavy (non-hydrogen) atoms. The van der Waals surface area contributed by atoms with Crippen molar-refractivity contribution in [2.75, 3.05) is 26.2 Å². The van der Waals surface area contributed by atoms with E-state index < -0.39 is 0 Å². The Hall–Kier alpha value is -2.86. The molecule has 0 radical (unpaired) electrons. The molecule has 0 unspecified atom stereocenters. The minimum Gasteiger partial charge on any atom is -0.486 e. The Balaban J connectivity index is 1.39. The summed E-state index contributed by atoms with van der Waals surface area (Å²) in [6.07, 6.45) is 3.15. The van der Waals surface area contributed by atoms with Crippen molar-refractivity contribution in [3.63, 3.8) is 0 Å². The zero-order valence-corrected chi connectivity index (χ0v) is 18.3. The van der Waals surface area contributed by atoms with Crippen LogP contribution < -0.4 is 10.1 Å². The number of hydrogen-bond acceptors (Lipinski definition) is 4. The van der Waals surface area contributed by atoms with Crippen LogP contribution in [0.2, 0.25) is 0 Å². The maximum atomic E-state index is 12.0. The second kappa shape index (κ2) is 10.4. The monoisotopic (exact) mass is 420 g/mol. The van der Waals surface area contributed by atoms with E-state index in [9.17, 15) is 4.79 Å². The Labute approximate surface area is 184 Å². The van der Waals surface area contributed by atoms with E-state index in [-0.39, 0.29) is 5.91 Å². The van der Waals surface area contributed by atoms with Crippen molar-refractivity contribution in [3.8, 4) is 5.75 Å². The molecule has 0 spiro atoms. The molecular weight excluding hydrogens is 388 g/mol. The highest BCUT2D eigenvalue weighted by molar-refractivity contribution is 5.78. The number of nitrogens with one attached hydrogen (secondary N) is 1. The molecule has 1 fully saturated rings. The van der Waals surface area contributed by atoms with Gasteiger partial charge in [0.25, 0.3) is 0 Å². The summed E-state index contributed by atoms with van der Waals surface area (Å²) in [5.74, 6) is 2.53. The lowest BCUT2D eigenvalue weighted by atomic mass is 9.96. The van der Waals surface area contributed by atoms with E-state index in [1.807, 2.05) is 36.4 Å². The quantitative estimate of drug-likeness (QED) is 0.571. The Morgan fingerprint density at radius 3 is 2.61 bits per heavy atom. The predicted molar refractivity (Wildman–Crippen MR) is 123 cm³/mol. The Morgan fingerprint density at radius 1 is 1.10 bits per heavy atom. The van der Waals surface area contributed by atoms with Crippen molar-refractivity contribution >= 4 is 16.9 Å². The molecule has 6 nitrogen and oxygen atoms in total. The molecule has 1 aliphatic rings. The highest BCUT2D eigenvalue weighted by Gasteiger charge is 2.23. The van der Waals surface area contributed by atoms with Gasteiger partial charge in [0, 0.05) is 13.1 Å². The molecule has 1 aliphatic heterocycles. The van der Waals surface area contributed by atoms with Crippen LogP contribution in [0.5, 0.6) is 5.75 Å².